The van der Waals surface area contributed by atoms with Crippen LogP contribution in [0, 0.1) is 15.9 Å². The van der Waals surface area contributed by atoms with Crippen molar-refractivity contribution in [1.82, 2.24) is 15.0 Å². The molecule has 0 bridgehead atoms. The van der Waals surface area contributed by atoms with Crippen LogP contribution in [0.15, 0.2) is 55.0 Å². The lowest BCUT2D eigenvalue weighted by Gasteiger charge is -2.09. The lowest BCUT2D eigenvalue weighted by molar-refractivity contribution is -0.387. The predicted octanol–water partition coefficient (Wildman–Crippen LogP) is 3.97. The fourth-order valence-corrected chi connectivity index (χ4v) is 2.60. The van der Waals surface area contributed by atoms with E-state index in [9.17, 15) is 14.5 Å². The molecule has 0 radical (unpaired) electrons. The topological polar surface area (TPSA) is 93.8 Å². The minimum atomic E-state index is -0.932. The number of fused-ring (bicyclic) bond motifs is 2. The van der Waals surface area contributed by atoms with Crippen LogP contribution < -0.4 is 5.32 Å². The lowest BCUT2D eigenvalue weighted by Crippen LogP contribution is -1.99. The van der Waals surface area contributed by atoms with Crippen molar-refractivity contribution in [3.05, 3.63) is 70.9 Å². The average molecular weight is 335 g/mol. The predicted molar refractivity (Wildman–Crippen MR) is 91.2 cm³/mol. The fourth-order valence-electron chi connectivity index (χ4n) is 2.60. The minimum absolute atomic E-state index is 0.281. The molecule has 0 aliphatic carbocycles. The molecule has 0 amide bonds. The van der Waals surface area contributed by atoms with E-state index in [1.165, 1.54) is 6.33 Å². The summed E-state index contributed by atoms with van der Waals surface area (Å²) in [5, 5.41) is 15.4. The number of nitro benzene ring substituents is 1. The molecule has 2 aromatic heterocycles. The number of nitrogens with one attached hydrogen (secondary N) is 1. The van der Waals surface area contributed by atoms with Gasteiger partial charge in [0.05, 0.1) is 21.3 Å². The van der Waals surface area contributed by atoms with Crippen molar-refractivity contribution in [2.75, 3.05) is 5.32 Å². The summed E-state index contributed by atoms with van der Waals surface area (Å²) in [7, 11) is 0. The van der Waals surface area contributed by atoms with Gasteiger partial charge in [-0.25, -0.2) is 9.97 Å². The Balaban J connectivity index is 1.82. The SMILES string of the molecule is O=[N+]([O-])c1cc2c(Nc3ccc4ncccc4c3)ncnc2cc1F. The first-order chi connectivity index (χ1) is 12.1. The van der Waals surface area contributed by atoms with Crippen LogP contribution in [-0.2, 0) is 0 Å². The van der Waals surface area contributed by atoms with E-state index >= 15 is 0 Å². The van der Waals surface area contributed by atoms with E-state index in [1.54, 1.807) is 6.20 Å². The van der Waals surface area contributed by atoms with Gasteiger partial charge < -0.3 is 5.32 Å². The molecule has 0 spiro atoms. The van der Waals surface area contributed by atoms with Crippen LogP contribution in [-0.4, -0.2) is 19.9 Å². The zero-order valence-corrected chi connectivity index (χ0v) is 12.7. The number of pyridine rings is 1. The first-order valence-electron chi connectivity index (χ1n) is 7.32. The molecular weight excluding hydrogens is 325 g/mol. The second-order valence-corrected chi connectivity index (χ2v) is 5.34. The molecule has 2 aromatic carbocycles. The van der Waals surface area contributed by atoms with E-state index < -0.39 is 16.4 Å². The molecule has 1 N–H and O–H groups in total. The summed E-state index contributed by atoms with van der Waals surface area (Å²) < 4.78 is 13.8. The van der Waals surface area contributed by atoms with E-state index in [4.69, 9.17) is 0 Å². The van der Waals surface area contributed by atoms with Crippen LogP contribution in [0.4, 0.5) is 21.6 Å². The highest BCUT2D eigenvalue weighted by Crippen LogP contribution is 2.29. The molecule has 25 heavy (non-hydrogen) atoms. The summed E-state index contributed by atoms with van der Waals surface area (Å²) in [4.78, 5) is 22.6. The van der Waals surface area contributed by atoms with Crippen LogP contribution in [0.1, 0.15) is 0 Å². The van der Waals surface area contributed by atoms with Gasteiger partial charge in [0, 0.05) is 29.4 Å². The number of nitro groups is 1. The molecule has 7 nitrogen and oxygen atoms in total. The molecule has 4 rings (SSSR count). The van der Waals surface area contributed by atoms with E-state index in [2.05, 4.69) is 20.3 Å². The van der Waals surface area contributed by atoms with Gasteiger partial charge in [0.25, 0.3) is 0 Å². The maximum Gasteiger partial charge on any atom is 0.305 e. The van der Waals surface area contributed by atoms with Crippen molar-refractivity contribution in [2.45, 2.75) is 0 Å². The number of nitrogens with zero attached hydrogens (tertiary/aromatic N) is 4. The Morgan fingerprint density at radius 2 is 1.92 bits per heavy atom. The van der Waals surface area contributed by atoms with Crippen LogP contribution in [0.2, 0.25) is 0 Å². The molecule has 2 heterocycles. The third-order valence-corrected chi connectivity index (χ3v) is 3.77. The van der Waals surface area contributed by atoms with Gasteiger partial charge in [-0.1, -0.05) is 6.07 Å². The van der Waals surface area contributed by atoms with Gasteiger partial charge in [0.1, 0.15) is 12.1 Å². The quantitative estimate of drug-likeness (QED) is 0.450. The summed E-state index contributed by atoms with van der Waals surface area (Å²) in [6.45, 7) is 0. The zero-order chi connectivity index (χ0) is 17.4. The van der Waals surface area contributed by atoms with Crippen molar-refractivity contribution < 1.29 is 9.31 Å². The summed E-state index contributed by atoms with van der Waals surface area (Å²) in [6.07, 6.45) is 2.99. The number of rotatable bonds is 3. The Labute approximate surface area is 140 Å². The second-order valence-electron chi connectivity index (χ2n) is 5.34. The molecule has 0 saturated carbocycles. The summed E-state index contributed by atoms with van der Waals surface area (Å²) in [5.74, 6) is -0.574. The van der Waals surface area contributed by atoms with E-state index in [1.807, 2.05) is 30.3 Å². The van der Waals surface area contributed by atoms with Crippen LogP contribution in [0.5, 0.6) is 0 Å². The van der Waals surface area contributed by atoms with Crippen molar-refractivity contribution in [1.29, 1.82) is 0 Å². The Bertz CT molecular complexity index is 1130. The number of benzene rings is 2. The van der Waals surface area contributed by atoms with E-state index in [0.717, 1.165) is 28.7 Å². The number of hydrogen-bond acceptors (Lipinski definition) is 6. The smallest absolute Gasteiger partial charge is 0.305 e. The summed E-state index contributed by atoms with van der Waals surface area (Å²) in [5.41, 5.74) is 1.24. The summed E-state index contributed by atoms with van der Waals surface area (Å²) >= 11 is 0. The highest BCUT2D eigenvalue weighted by atomic mass is 19.1. The largest absolute Gasteiger partial charge is 0.340 e. The third-order valence-electron chi connectivity index (χ3n) is 3.77. The average Bonchev–Trinajstić information content (AvgIpc) is 2.61. The monoisotopic (exact) mass is 335 g/mol. The van der Waals surface area contributed by atoms with Gasteiger partial charge in [0.15, 0.2) is 0 Å². The molecular formula is C17H10FN5O2. The number of aromatic nitrogens is 3. The number of hydrogen-bond donors (Lipinski definition) is 1. The highest BCUT2D eigenvalue weighted by molar-refractivity contribution is 5.93. The zero-order valence-electron chi connectivity index (χ0n) is 12.7. The van der Waals surface area contributed by atoms with Crippen molar-refractivity contribution >= 4 is 39.0 Å². The first kappa shape index (κ1) is 14.9. The Morgan fingerprint density at radius 3 is 2.76 bits per heavy atom. The van der Waals surface area contributed by atoms with E-state index in [0.29, 0.717) is 11.2 Å². The van der Waals surface area contributed by atoms with Gasteiger partial charge in [-0.3, -0.25) is 15.1 Å². The van der Waals surface area contributed by atoms with Gasteiger partial charge in [-0.05, 0) is 24.3 Å². The molecule has 0 atom stereocenters. The van der Waals surface area contributed by atoms with Crippen LogP contribution >= 0.6 is 0 Å². The molecule has 0 unspecified atom stereocenters. The minimum Gasteiger partial charge on any atom is -0.340 e. The van der Waals surface area contributed by atoms with E-state index in [-0.39, 0.29) is 5.52 Å². The lowest BCUT2D eigenvalue weighted by atomic mass is 10.1. The highest BCUT2D eigenvalue weighted by Gasteiger charge is 2.17. The molecule has 8 heteroatoms. The maximum absolute atomic E-state index is 13.8. The standard InChI is InChI=1S/C17H10FN5O2/c18-13-8-15-12(7-16(13)23(24)25)17(21-9-20-15)22-11-3-4-14-10(6-11)2-1-5-19-14/h1-9H,(H,20,21,22). The van der Waals surface area contributed by atoms with Gasteiger partial charge >= 0.3 is 5.69 Å². The van der Waals surface area contributed by atoms with Crippen LogP contribution in [0.25, 0.3) is 21.8 Å². The van der Waals surface area contributed by atoms with Crippen molar-refractivity contribution in [3.63, 3.8) is 0 Å². The third kappa shape index (κ3) is 2.69. The van der Waals surface area contributed by atoms with Gasteiger partial charge in [0.2, 0.25) is 5.82 Å². The second kappa shape index (κ2) is 5.75. The Kier molecular flexibility index (Phi) is 3.42. The molecule has 0 fully saturated rings. The fraction of sp³-hybridized carbons (Fsp3) is 0. The summed E-state index contributed by atoms with van der Waals surface area (Å²) in [6, 6.07) is 11.5. The van der Waals surface area contributed by atoms with Gasteiger partial charge in [-0.15, -0.1) is 0 Å². The molecule has 122 valence electrons. The van der Waals surface area contributed by atoms with Crippen LogP contribution in [0.3, 0.4) is 0 Å². The van der Waals surface area contributed by atoms with Crippen molar-refractivity contribution in [2.24, 2.45) is 0 Å². The number of anilines is 2. The Hall–Kier alpha value is -3.68. The molecule has 0 aliphatic heterocycles. The molecule has 0 aliphatic rings. The van der Waals surface area contributed by atoms with Gasteiger partial charge in [-0.2, -0.15) is 4.39 Å². The normalized spacial score (nSPS) is 10.9. The number of halogens is 1. The van der Waals surface area contributed by atoms with Crippen molar-refractivity contribution in [3.8, 4) is 0 Å². The Morgan fingerprint density at radius 1 is 1.04 bits per heavy atom. The first-order valence-corrected chi connectivity index (χ1v) is 7.32. The molecule has 4 aromatic rings. The maximum atomic E-state index is 13.8. The molecule has 0 saturated heterocycles.